The molecule has 1 unspecified atom stereocenters. The molecule has 0 radical (unpaired) electrons. The van der Waals surface area contributed by atoms with Gasteiger partial charge in [0, 0.05) is 0 Å². The zero-order valence-corrected chi connectivity index (χ0v) is 6.01. The van der Waals surface area contributed by atoms with Crippen LogP contribution in [0.25, 0.3) is 0 Å². The van der Waals surface area contributed by atoms with E-state index in [0.717, 1.165) is 0 Å². The van der Waals surface area contributed by atoms with Crippen molar-refractivity contribution in [3.8, 4) is 0 Å². The maximum atomic E-state index is 10.4. The maximum absolute atomic E-state index is 10.4. The second-order valence-corrected chi connectivity index (χ2v) is 3.43. The van der Waals surface area contributed by atoms with Crippen molar-refractivity contribution in [3.63, 3.8) is 0 Å². The lowest BCUT2D eigenvalue weighted by atomic mass is 10.1. The first kappa shape index (κ1) is 6.59. The molecule has 2 nitrogen and oxygen atoms in total. The van der Waals surface area contributed by atoms with Gasteiger partial charge < -0.3 is 5.11 Å². The van der Waals surface area contributed by atoms with Crippen LogP contribution in [0, 0.1) is 17.3 Å². The van der Waals surface area contributed by atoms with Gasteiger partial charge in [0.2, 0.25) is 0 Å². The molecule has 0 aliphatic heterocycles. The summed E-state index contributed by atoms with van der Waals surface area (Å²) in [5.41, 5.74) is 0.0475. The summed E-state index contributed by atoms with van der Waals surface area (Å²) in [4.78, 5) is 10.4. The molecule has 2 heteroatoms. The quantitative estimate of drug-likeness (QED) is 0.579. The number of hydrogen-bond acceptors (Lipinski definition) is 1. The van der Waals surface area contributed by atoms with Gasteiger partial charge in [-0.05, 0) is 11.3 Å². The highest BCUT2D eigenvalue weighted by atomic mass is 16.4. The Balaban J connectivity index is 2.62. The fraction of sp³-hybridized carbons (Fsp3) is 0.857. The lowest BCUT2D eigenvalue weighted by molar-refractivity contribution is -0.139. The summed E-state index contributed by atoms with van der Waals surface area (Å²) in [5, 5.41) is 8.56. The third-order valence-electron chi connectivity index (χ3n) is 2.63. The minimum Gasteiger partial charge on any atom is -0.481 e. The largest absolute Gasteiger partial charge is 0.481 e. The van der Waals surface area contributed by atoms with Crippen LogP contribution in [0.3, 0.4) is 0 Å². The van der Waals surface area contributed by atoms with Gasteiger partial charge in [-0.25, -0.2) is 0 Å². The van der Waals surface area contributed by atoms with Crippen molar-refractivity contribution < 1.29 is 9.90 Å². The van der Waals surface area contributed by atoms with E-state index in [9.17, 15) is 4.79 Å². The van der Waals surface area contributed by atoms with Crippen LogP contribution >= 0.6 is 0 Å². The van der Waals surface area contributed by atoms with Gasteiger partial charge in [-0.2, -0.15) is 0 Å². The van der Waals surface area contributed by atoms with Gasteiger partial charge in [0.15, 0.2) is 0 Å². The maximum Gasteiger partial charge on any atom is 0.307 e. The lowest BCUT2D eigenvalue weighted by Crippen LogP contribution is -2.02. The molecule has 1 aliphatic rings. The minimum absolute atomic E-state index is 0.0475. The van der Waals surface area contributed by atoms with Crippen molar-refractivity contribution in [1.82, 2.24) is 0 Å². The van der Waals surface area contributed by atoms with Crippen LogP contribution in [0.2, 0.25) is 0 Å². The fourth-order valence-electron chi connectivity index (χ4n) is 1.43. The Morgan fingerprint density at radius 1 is 1.56 bits per heavy atom. The predicted octanol–water partition coefficient (Wildman–Crippen LogP) is 1.36. The zero-order valence-electron chi connectivity index (χ0n) is 6.01. The summed E-state index contributed by atoms with van der Waals surface area (Å²) >= 11 is 0. The summed E-state index contributed by atoms with van der Waals surface area (Å²) in [6, 6.07) is 0. The number of aliphatic carboxylic acids is 1. The first-order chi connectivity index (χ1) is 3.98. The van der Waals surface area contributed by atoms with Gasteiger partial charge in [-0.1, -0.05) is 20.8 Å². The van der Waals surface area contributed by atoms with Crippen molar-refractivity contribution in [2.75, 3.05) is 0 Å². The molecule has 0 spiro atoms. The van der Waals surface area contributed by atoms with Gasteiger partial charge >= 0.3 is 5.97 Å². The van der Waals surface area contributed by atoms with Crippen molar-refractivity contribution >= 4 is 5.97 Å². The molecular formula is C7H12O2. The Morgan fingerprint density at radius 2 is 1.89 bits per heavy atom. The monoisotopic (exact) mass is 128 g/mol. The molecule has 1 rings (SSSR count). The molecule has 0 heterocycles. The first-order valence-electron chi connectivity index (χ1n) is 3.20. The highest BCUT2D eigenvalue weighted by Crippen LogP contribution is 2.57. The molecule has 1 aliphatic carbocycles. The molecule has 52 valence electrons. The Bertz CT molecular complexity index is 149. The average Bonchev–Trinajstić information content (AvgIpc) is 2.07. The molecular weight excluding hydrogens is 116 g/mol. The molecule has 1 N–H and O–H groups in total. The van der Waals surface area contributed by atoms with Gasteiger partial charge in [-0.15, -0.1) is 0 Å². The summed E-state index contributed by atoms with van der Waals surface area (Å²) < 4.78 is 0. The normalized spacial score (nSPS) is 38.1. The molecule has 1 fully saturated rings. The van der Waals surface area contributed by atoms with E-state index in [2.05, 4.69) is 0 Å². The molecule has 0 aromatic carbocycles. The number of hydrogen-bond donors (Lipinski definition) is 1. The van der Waals surface area contributed by atoms with Crippen molar-refractivity contribution in [3.05, 3.63) is 0 Å². The number of carbonyl (C=O) groups is 1. The van der Waals surface area contributed by atoms with E-state index in [-0.39, 0.29) is 11.3 Å². The van der Waals surface area contributed by atoms with Crippen LogP contribution in [-0.4, -0.2) is 11.1 Å². The van der Waals surface area contributed by atoms with E-state index in [1.165, 1.54) is 0 Å². The second kappa shape index (κ2) is 1.49. The molecule has 2 atom stereocenters. The second-order valence-electron chi connectivity index (χ2n) is 3.43. The summed E-state index contributed by atoms with van der Waals surface area (Å²) in [6.07, 6.45) is 0. The van der Waals surface area contributed by atoms with Crippen molar-refractivity contribution in [2.45, 2.75) is 20.8 Å². The van der Waals surface area contributed by atoms with Gasteiger partial charge in [0.05, 0.1) is 5.92 Å². The van der Waals surface area contributed by atoms with Crippen LogP contribution in [0.4, 0.5) is 0 Å². The zero-order chi connectivity index (χ0) is 7.23. The van der Waals surface area contributed by atoms with Crippen LogP contribution in [0.5, 0.6) is 0 Å². The van der Waals surface area contributed by atoms with E-state index >= 15 is 0 Å². The Morgan fingerprint density at radius 3 is 1.89 bits per heavy atom. The molecule has 0 aromatic rings. The lowest BCUT2D eigenvalue weighted by Gasteiger charge is -1.95. The molecule has 9 heavy (non-hydrogen) atoms. The fourth-order valence-corrected chi connectivity index (χ4v) is 1.43. The number of carboxylic acid groups (broad SMARTS) is 1. The average molecular weight is 128 g/mol. The number of rotatable bonds is 1. The van der Waals surface area contributed by atoms with E-state index in [4.69, 9.17) is 5.11 Å². The van der Waals surface area contributed by atoms with Crippen molar-refractivity contribution in [1.29, 1.82) is 0 Å². The van der Waals surface area contributed by atoms with E-state index in [1.54, 1.807) is 0 Å². The summed E-state index contributed by atoms with van der Waals surface area (Å²) in [7, 11) is 0. The topological polar surface area (TPSA) is 37.3 Å². The third kappa shape index (κ3) is 0.732. The van der Waals surface area contributed by atoms with E-state index in [0.29, 0.717) is 5.92 Å². The van der Waals surface area contributed by atoms with Gasteiger partial charge in [0.25, 0.3) is 0 Å². The van der Waals surface area contributed by atoms with Crippen LogP contribution in [-0.2, 0) is 4.79 Å². The molecule has 1 saturated carbocycles. The molecule has 0 aromatic heterocycles. The Kier molecular flexibility index (Phi) is 1.09. The molecule has 0 saturated heterocycles. The molecule has 0 bridgehead atoms. The standard InChI is InChI=1S/C7H12O2/c1-4-5(6(8)9)7(4,2)3/h4-5H,1-3H3,(H,8,9)/t4-,5?/m1/s1. The Labute approximate surface area is 54.9 Å². The summed E-state index contributed by atoms with van der Waals surface area (Å²) in [5.74, 6) is -0.389. The summed E-state index contributed by atoms with van der Waals surface area (Å²) in [6.45, 7) is 5.98. The number of carboxylic acids is 1. The predicted molar refractivity (Wildman–Crippen MR) is 34.1 cm³/mol. The Hall–Kier alpha value is -0.530. The van der Waals surface area contributed by atoms with E-state index < -0.39 is 5.97 Å². The van der Waals surface area contributed by atoms with Gasteiger partial charge in [0.1, 0.15) is 0 Å². The SMILES string of the molecule is C[C@@H]1C(C(=O)O)C1(C)C. The minimum atomic E-state index is -0.646. The van der Waals surface area contributed by atoms with Crippen LogP contribution < -0.4 is 0 Å². The molecule has 0 amide bonds. The van der Waals surface area contributed by atoms with Gasteiger partial charge in [-0.3, -0.25) is 4.79 Å². The van der Waals surface area contributed by atoms with Crippen molar-refractivity contribution in [2.24, 2.45) is 17.3 Å². The highest BCUT2D eigenvalue weighted by molar-refractivity contribution is 5.75. The highest BCUT2D eigenvalue weighted by Gasteiger charge is 2.59. The third-order valence-corrected chi connectivity index (χ3v) is 2.63. The van der Waals surface area contributed by atoms with Crippen LogP contribution in [0.15, 0.2) is 0 Å². The smallest absolute Gasteiger partial charge is 0.307 e. The van der Waals surface area contributed by atoms with E-state index in [1.807, 2.05) is 20.8 Å². The van der Waals surface area contributed by atoms with Crippen LogP contribution in [0.1, 0.15) is 20.8 Å². The first-order valence-corrected chi connectivity index (χ1v) is 3.20.